The van der Waals surface area contributed by atoms with Crippen molar-refractivity contribution in [2.75, 3.05) is 31.7 Å². The normalized spacial score (nSPS) is 29.4. The van der Waals surface area contributed by atoms with E-state index in [0.717, 1.165) is 66.1 Å². The van der Waals surface area contributed by atoms with Gasteiger partial charge in [0.15, 0.2) is 0 Å². The Labute approximate surface area is 253 Å². The second-order valence-corrected chi connectivity index (χ2v) is 13.2. The molecule has 0 spiro atoms. The van der Waals surface area contributed by atoms with Crippen molar-refractivity contribution in [3.63, 3.8) is 0 Å². The van der Waals surface area contributed by atoms with Crippen LogP contribution < -0.4 is 14.4 Å². The second kappa shape index (κ2) is 13.4. The van der Waals surface area contributed by atoms with E-state index >= 15 is 0 Å². The van der Waals surface area contributed by atoms with Crippen LogP contribution in [0.3, 0.4) is 0 Å². The van der Waals surface area contributed by atoms with Crippen LogP contribution in [0.15, 0.2) is 47.4 Å². The van der Waals surface area contributed by atoms with Crippen LogP contribution in [0, 0.1) is 29.5 Å². The predicted molar refractivity (Wildman–Crippen MR) is 165 cm³/mol. The number of anilines is 1. The number of carbonyl (C=O) groups excluding carboxylic acids is 1. The summed E-state index contributed by atoms with van der Waals surface area (Å²) in [6, 6.07) is 9.53. The molecular formula is C33H42ClFN2O3S. The zero-order chi connectivity index (χ0) is 29.1. The van der Waals surface area contributed by atoms with Crippen molar-refractivity contribution >= 4 is 35.1 Å². The van der Waals surface area contributed by atoms with Gasteiger partial charge in [-0.15, -0.1) is 0 Å². The van der Waals surface area contributed by atoms with Crippen LogP contribution in [0.4, 0.5) is 10.1 Å². The van der Waals surface area contributed by atoms with Crippen molar-refractivity contribution in [2.24, 2.45) is 23.7 Å². The summed E-state index contributed by atoms with van der Waals surface area (Å²) in [7, 11) is 1.79. The largest absolute Gasteiger partial charge is 0.491 e. The molecule has 2 heterocycles. The van der Waals surface area contributed by atoms with E-state index < -0.39 is 0 Å². The molecule has 0 aromatic heterocycles. The standard InChI is InChI=1S/C33H42ClFN2O3S/c1-5-7-22-14-28(34)29(35)16-27(22)24-18-37-17-23-10-12-26(23)31(39-4)9-6-8-20(2)21(3)33(38)36-41-25-11-13-32(40-19-24)30(37)15-25/h6,9,11,13-16,20-21,23-24,26,31H,5,7-8,10,12,17-19H2,1-4H3,(H,36,38)/b9-6+. The molecule has 2 bridgehead atoms. The number of hydrogen-bond donors (Lipinski definition) is 1. The van der Waals surface area contributed by atoms with Gasteiger partial charge in [0, 0.05) is 36.9 Å². The predicted octanol–water partition coefficient (Wildman–Crippen LogP) is 7.81. The van der Waals surface area contributed by atoms with Crippen LogP contribution in [-0.4, -0.2) is 38.8 Å². The maximum absolute atomic E-state index is 14.8. The molecule has 3 aliphatic rings. The van der Waals surface area contributed by atoms with E-state index in [1.807, 2.05) is 19.1 Å². The fourth-order valence-electron chi connectivity index (χ4n) is 6.39. The second-order valence-electron chi connectivity index (χ2n) is 12.0. The van der Waals surface area contributed by atoms with Gasteiger partial charge in [0.2, 0.25) is 5.91 Å². The van der Waals surface area contributed by atoms with Crippen LogP contribution in [0.25, 0.3) is 0 Å². The number of hydrogen-bond acceptors (Lipinski definition) is 5. The molecule has 6 atom stereocenters. The highest BCUT2D eigenvalue weighted by atomic mass is 35.5. The Balaban J connectivity index is 1.51. The topological polar surface area (TPSA) is 50.8 Å². The molecule has 5 nitrogen and oxygen atoms in total. The molecule has 5 rings (SSSR count). The first kappa shape index (κ1) is 30.2. The van der Waals surface area contributed by atoms with Crippen LogP contribution in [0.2, 0.25) is 5.02 Å². The Kier molecular flexibility index (Phi) is 9.88. The van der Waals surface area contributed by atoms with Crippen molar-refractivity contribution in [3.8, 4) is 5.75 Å². The summed E-state index contributed by atoms with van der Waals surface area (Å²) in [6.07, 6.45) is 9.32. The lowest BCUT2D eigenvalue weighted by molar-refractivity contribution is -0.123. The first-order chi connectivity index (χ1) is 19.8. The molecule has 1 N–H and O–H groups in total. The van der Waals surface area contributed by atoms with E-state index in [4.69, 9.17) is 21.1 Å². The summed E-state index contributed by atoms with van der Waals surface area (Å²) in [5.41, 5.74) is 3.07. The number of methoxy groups -OCH3 is 1. The Hall–Kier alpha value is -2.22. The molecule has 6 unspecified atom stereocenters. The highest BCUT2D eigenvalue weighted by Crippen LogP contribution is 2.44. The van der Waals surface area contributed by atoms with E-state index in [-0.39, 0.29) is 40.6 Å². The Morgan fingerprint density at radius 2 is 2.02 bits per heavy atom. The van der Waals surface area contributed by atoms with Gasteiger partial charge in [0.25, 0.3) is 0 Å². The van der Waals surface area contributed by atoms with Crippen molar-refractivity contribution in [1.82, 2.24) is 4.72 Å². The minimum atomic E-state index is -0.386. The molecule has 1 fully saturated rings. The number of benzene rings is 2. The molecule has 0 saturated heterocycles. The lowest BCUT2D eigenvalue weighted by Crippen LogP contribution is -2.44. The van der Waals surface area contributed by atoms with E-state index in [1.54, 1.807) is 19.2 Å². The van der Waals surface area contributed by atoms with Crippen LogP contribution in [0.5, 0.6) is 5.75 Å². The molecule has 222 valence electrons. The number of nitrogens with one attached hydrogen (secondary N) is 1. The highest BCUT2D eigenvalue weighted by Gasteiger charge is 2.39. The van der Waals surface area contributed by atoms with Crippen molar-refractivity contribution in [1.29, 1.82) is 0 Å². The average Bonchev–Trinajstić information content (AvgIpc) is 3.13. The van der Waals surface area contributed by atoms with Crippen LogP contribution in [-0.2, 0) is 16.0 Å². The number of rotatable bonds is 4. The minimum absolute atomic E-state index is 0.0175. The molecule has 2 aliphatic heterocycles. The number of amides is 1. The third-order valence-electron chi connectivity index (χ3n) is 9.29. The number of halogens is 2. The van der Waals surface area contributed by atoms with Crippen molar-refractivity contribution < 1.29 is 18.7 Å². The minimum Gasteiger partial charge on any atom is -0.491 e. The van der Waals surface area contributed by atoms with Crippen LogP contribution in [0.1, 0.15) is 63.5 Å². The van der Waals surface area contributed by atoms with Gasteiger partial charge in [-0.3, -0.25) is 9.52 Å². The van der Waals surface area contributed by atoms with E-state index in [9.17, 15) is 9.18 Å². The highest BCUT2D eigenvalue weighted by molar-refractivity contribution is 7.98. The number of fused-ring (bicyclic) bond motifs is 2. The third-order valence-corrected chi connectivity index (χ3v) is 10.4. The average molecular weight is 601 g/mol. The molecule has 1 aliphatic carbocycles. The fourth-order valence-corrected chi connectivity index (χ4v) is 7.29. The molecule has 2 aromatic carbocycles. The van der Waals surface area contributed by atoms with Gasteiger partial charge in [-0.2, -0.15) is 0 Å². The van der Waals surface area contributed by atoms with E-state index in [2.05, 4.69) is 41.7 Å². The van der Waals surface area contributed by atoms with Gasteiger partial charge in [-0.1, -0.05) is 50.9 Å². The van der Waals surface area contributed by atoms with E-state index in [1.165, 1.54) is 11.9 Å². The number of aryl methyl sites for hydroxylation is 1. The Morgan fingerprint density at radius 1 is 1.20 bits per heavy atom. The molecule has 1 amide bonds. The summed E-state index contributed by atoms with van der Waals surface area (Å²) < 4.78 is 30.3. The number of carbonyl (C=O) groups is 1. The first-order valence-corrected chi connectivity index (χ1v) is 16.1. The molecule has 1 saturated carbocycles. The zero-order valence-corrected chi connectivity index (χ0v) is 26.1. The lowest BCUT2D eigenvalue weighted by Gasteiger charge is -2.43. The number of allylic oxidation sites excluding steroid dienone is 1. The third kappa shape index (κ3) is 6.73. The summed E-state index contributed by atoms with van der Waals surface area (Å²) in [5, 5.41) is 0.170. The van der Waals surface area contributed by atoms with Gasteiger partial charge in [0.05, 0.1) is 23.4 Å². The SMILES string of the molecule is CCCc1cc(Cl)c(F)cc1C1COc2ccc3cc2N(C1)CC1CCC1C(OC)/C=C/CC(C)C(C)C(=O)NS3. The molecule has 0 radical (unpaired) electrons. The summed E-state index contributed by atoms with van der Waals surface area (Å²) in [5.74, 6) is 1.44. The summed E-state index contributed by atoms with van der Waals surface area (Å²) in [4.78, 5) is 16.4. The van der Waals surface area contributed by atoms with Gasteiger partial charge in [0.1, 0.15) is 11.6 Å². The molecule has 8 heteroatoms. The zero-order valence-electron chi connectivity index (χ0n) is 24.5. The Morgan fingerprint density at radius 3 is 2.76 bits per heavy atom. The monoisotopic (exact) mass is 600 g/mol. The number of nitrogens with zero attached hydrogens (tertiary/aromatic N) is 1. The van der Waals surface area contributed by atoms with Crippen LogP contribution >= 0.6 is 23.5 Å². The number of ether oxygens (including phenoxy) is 2. The first-order valence-electron chi connectivity index (χ1n) is 14.9. The molecule has 41 heavy (non-hydrogen) atoms. The molecule has 2 aromatic rings. The van der Waals surface area contributed by atoms with Crippen molar-refractivity contribution in [3.05, 3.63) is 64.5 Å². The van der Waals surface area contributed by atoms with Gasteiger partial charge >= 0.3 is 0 Å². The Bertz CT molecular complexity index is 1270. The molecular weight excluding hydrogens is 559 g/mol. The van der Waals surface area contributed by atoms with Gasteiger partial charge in [-0.05, 0) is 96.8 Å². The summed E-state index contributed by atoms with van der Waals surface area (Å²) >= 11 is 7.57. The smallest absolute Gasteiger partial charge is 0.233 e. The van der Waals surface area contributed by atoms with E-state index in [0.29, 0.717) is 25.0 Å². The quantitative estimate of drug-likeness (QED) is 0.286. The van der Waals surface area contributed by atoms with Gasteiger partial charge < -0.3 is 14.4 Å². The maximum atomic E-state index is 14.8. The van der Waals surface area contributed by atoms with Gasteiger partial charge in [-0.25, -0.2) is 4.39 Å². The maximum Gasteiger partial charge on any atom is 0.233 e. The fraction of sp³-hybridized carbons (Fsp3) is 0.545. The summed E-state index contributed by atoms with van der Waals surface area (Å²) in [6.45, 7) is 8.27. The van der Waals surface area contributed by atoms with Crippen molar-refractivity contribution in [2.45, 2.75) is 69.8 Å². The lowest BCUT2D eigenvalue weighted by atomic mass is 9.70.